The molecule has 0 aromatic heterocycles. The molecule has 1 aliphatic carbocycles. The van der Waals surface area contributed by atoms with Gasteiger partial charge in [0.15, 0.2) is 0 Å². The zero-order valence-corrected chi connectivity index (χ0v) is 17.9. The summed E-state index contributed by atoms with van der Waals surface area (Å²) in [5.74, 6) is -0.517. The molecule has 30 heavy (non-hydrogen) atoms. The van der Waals surface area contributed by atoms with Crippen LogP contribution in [-0.2, 0) is 0 Å². The number of benzene rings is 2. The summed E-state index contributed by atoms with van der Waals surface area (Å²) in [6.45, 7) is 5.33. The first kappa shape index (κ1) is 21.2. The molecule has 1 unspecified atom stereocenters. The van der Waals surface area contributed by atoms with E-state index in [1.807, 2.05) is 18.7 Å². The predicted octanol–water partition coefficient (Wildman–Crippen LogP) is 3.53. The van der Waals surface area contributed by atoms with Crippen molar-refractivity contribution in [1.82, 2.24) is 9.80 Å². The molecule has 2 aromatic carbocycles. The van der Waals surface area contributed by atoms with Crippen LogP contribution in [0.4, 0.5) is 4.39 Å². The highest BCUT2D eigenvalue weighted by Crippen LogP contribution is 2.41. The van der Waals surface area contributed by atoms with Gasteiger partial charge in [-0.1, -0.05) is 23.7 Å². The van der Waals surface area contributed by atoms with Gasteiger partial charge in [0.25, 0.3) is 5.91 Å². The van der Waals surface area contributed by atoms with Gasteiger partial charge < -0.3 is 15.1 Å². The summed E-state index contributed by atoms with van der Waals surface area (Å²) in [6, 6.07) is 11.4. The highest BCUT2D eigenvalue weighted by atomic mass is 35.5. The van der Waals surface area contributed by atoms with E-state index in [0.29, 0.717) is 54.2 Å². The van der Waals surface area contributed by atoms with Gasteiger partial charge in [-0.2, -0.15) is 0 Å². The van der Waals surface area contributed by atoms with E-state index in [4.69, 9.17) is 11.6 Å². The normalized spacial score (nSPS) is 21.3. The minimum atomic E-state index is -1.00. The van der Waals surface area contributed by atoms with Crippen molar-refractivity contribution in [2.24, 2.45) is 0 Å². The van der Waals surface area contributed by atoms with Crippen molar-refractivity contribution in [2.75, 3.05) is 19.6 Å². The van der Waals surface area contributed by atoms with Crippen molar-refractivity contribution >= 4 is 17.5 Å². The molecule has 1 amide bonds. The maximum absolute atomic E-state index is 14.2. The lowest BCUT2D eigenvalue weighted by Gasteiger charge is -2.49. The lowest BCUT2D eigenvalue weighted by Crippen LogP contribution is -2.64. The van der Waals surface area contributed by atoms with Crippen molar-refractivity contribution in [3.8, 4) is 11.1 Å². The van der Waals surface area contributed by atoms with Crippen LogP contribution in [0.1, 0.15) is 37.0 Å². The summed E-state index contributed by atoms with van der Waals surface area (Å²) in [4.78, 5) is 16.8. The Balaban J connectivity index is 1.49. The van der Waals surface area contributed by atoms with Gasteiger partial charge in [0, 0.05) is 35.8 Å². The molecule has 0 radical (unpaired) electrons. The largest absolute Gasteiger partial charge is 0.386 e. The van der Waals surface area contributed by atoms with Gasteiger partial charge in [0.1, 0.15) is 17.6 Å². The summed E-state index contributed by atoms with van der Waals surface area (Å²) in [5, 5.41) is 21.0. The van der Waals surface area contributed by atoms with Crippen LogP contribution in [0.3, 0.4) is 0 Å². The first-order valence-corrected chi connectivity index (χ1v) is 10.5. The molecule has 2 aliphatic rings. The molecule has 1 atom stereocenters. The average molecular weight is 433 g/mol. The molecule has 2 aromatic rings. The molecule has 1 saturated carbocycles. The number of piperazine rings is 1. The first-order chi connectivity index (χ1) is 14.1. The fourth-order valence-corrected chi connectivity index (χ4v) is 4.33. The number of aliphatic hydroxyl groups excluding tert-OH is 1. The van der Waals surface area contributed by atoms with Gasteiger partial charge in [0.05, 0.1) is 5.54 Å². The quantitative estimate of drug-likeness (QED) is 0.775. The molecule has 1 saturated heterocycles. The van der Waals surface area contributed by atoms with E-state index >= 15 is 0 Å². The standard InChI is InChI=1S/C23H26ClFN2O3/c1-22(2)14-26(21(29)23(30)9-10-23)11-12-27(22)20(28)16-5-3-15(4-6-16)18-8-7-17(24)13-19(18)25/h3-8,13,21,29-30H,9-12,14H2,1-2H3. The molecule has 4 rings (SSSR count). The van der Waals surface area contributed by atoms with Crippen LogP contribution in [0, 0.1) is 5.82 Å². The molecule has 0 spiro atoms. The van der Waals surface area contributed by atoms with Gasteiger partial charge in [0.2, 0.25) is 0 Å². The topological polar surface area (TPSA) is 64.0 Å². The van der Waals surface area contributed by atoms with Gasteiger partial charge in [-0.05, 0) is 62.6 Å². The lowest BCUT2D eigenvalue weighted by atomic mass is 9.96. The summed E-state index contributed by atoms with van der Waals surface area (Å²) < 4.78 is 14.2. The van der Waals surface area contributed by atoms with Crippen LogP contribution in [0.25, 0.3) is 11.1 Å². The van der Waals surface area contributed by atoms with Crippen molar-refractivity contribution in [3.63, 3.8) is 0 Å². The van der Waals surface area contributed by atoms with E-state index in [2.05, 4.69) is 0 Å². The van der Waals surface area contributed by atoms with Crippen molar-refractivity contribution in [1.29, 1.82) is 0 Å². The number of hydrogen-bond donors (Lipinski definition) is 2. The molecule has 5 nitrogen and oxygen atoms in total. The molecule has 2 fully saturated rings. The zero-order valence-electron chi connectivity index (χ0n) is 17.1. The third kappa shape index (κ3) is 3.97. The first-order valence-electron chi connectivity index (χ1n) is 10.1. The zero-order chi connectivity index (χ0) is 21.7. The number of carbonyl (C=O) groups excluding carboxylic acids is 1. The number of halogens is 2. The molecule has 1 aliphatic heterocycles. The number of hydrogen-bond acceptors (Lipinski definition) is 4. The highest BCUT2D eigenvalue weighted by molar-refractivity contribution is 6.30. The molecule has 2 N–H and O–H groups in total. The van der Waals surface area contributed by atoms with Crippen molar-refractivity contribution in [2.45, 2.75) is 44.1 Å². The van der Waals surface area contributed by atoms with E-state index in [1.54, 1.807) is 41.3 Å². The Morgan fingerprint density at radius 2 is 1.80 bits per heavy atom. The molecule has 0 bridgehead atoms. The van der Waals surface area contributed by atoms with Crippen molar-refractivity contribution in [3.05, 3.63) is 58.9 Å². The van der Waals surface area contributed by atoms with Crippen LogP contribution in [0.2, 0.25) is 5.02 Å². The monoisotopic (exact) mass is 432 g/mol. The maximum atomic E-state index is 14.2. The summed E-state index contributed by atoms with van der Waals surface area (Å²) in [5.41, 5.74) is 0.110. The van der Waals surface area contributed by atoms with Crippen LogP contribution in [-0.4, -0.2) is 62.9 Å². The summed E-state index contributed by atoms with van der Waals surface area (Å²) in [6.07, 6.45) is 0.311. The Bertz CT molecular complexity index is 959. The fraction of sp³-hybridized carbons (Fsp3) is 0.435. The Kier molecular flexibility index (Phi) is 5.39. The Hall–Kier alpha value is -1.99. The Morgan fingerprint density at radius 3 is 2.37 bits per heavy atom. The minimum absolute atomic E-state index is 0.109. The van der Waals surface area contributed by atoms with E-state index in [1.165, 1.54) is 6.07 Å². The van der Waals surface area contributed by atoms with Gasteiger partial charge in [-0.3, -0.25) is 9.69 Å². The van der Waals surface area contributed by atoms with E-state index in [-0.39, 0.29) is 5.91 Å². The van der Waals surface area contributed by atoms with Gasteiger partial charge in [-0.25, -0.2) is 4.39 Å². The molecule has 1 heterocycles. The van der Waals surface area contributed by atoms with Crippen LogP contribution >= 0.6 is 11.6 Å². The molecule has 160 valence electrons. The van der Waals surface area contributed by atoms with Crippen molar-refractivity contribution < 1.29 is 19.4 Å². The smallest absolute Gasteiger partial charge is 0.254 e. The second-order valence-corrected chi connectivity index (χ2v) is 9.35. The van der Waals surface area contributed by atoms with E-state index < -0.39 is 23.2 Å². The highest BCUT2D eigenvalue weighted by Gasteiger charge is 2.52. The number of aliphatic hydroxyl groups is 2. The van der Waals surface area contributed by atoms with E-state index in [9.17, 15) is 19.4 Å². The Morgan fingerprint density at radius 1 is 1.13 bits per heavy atom. The molecular formula is C23H26ClFN2O3. The van der Waals surface area contributed by atoms with Gasteiger partial charge in [-0.15, -0.1) is 0 Å². The summed E-state index contributed by atoms with van der Waals surface area (Å²) in [7, 11) is 0. The van der Waals surface area contributed by atoms with Crippen LogP contribution in [0.15, 0.2) is 42.5 Å². The second-order valence-electron chi connectivity index (χ2n) is 8.92. The molecule has 7 heteroatoms. The number of nitrogens with zero attached hydrogens (tertiary/aromatic N) is 2. The number of carbonyl (C=O) groups is 1. The average Bonchev–Trinajstić information content (AvgIpc) is 3.45. The fourth-order valence-electron chi connectivity index (χ4n) is 4.18. The maximum Gasteiger partial charge on any atom is 0.254 e. The number of rotatable bonds is 4. The summed E-state index contributed by atoms with van der Waals surface area (Å²) >= 11 is 5.82. The third-order valence-electron chi connectivity index (χ3n) is 6.14. The molecular weight excluding hydrogens is 407 g/mol. The van der Waals surface area contributed by atoms with Crippen LogP contribution in [0.5, 0.6) is 0 Å². The Labute approximate surface area is 180 Å². The second kappa shape index (κ2) is 7.61. The minimum Gasteiger partial charge on any atom is -0.386 e. The van der Waals surface area contributed by atoms with E-state index in [0.717, 1.165) is 0 Å². The number of amides is 1. The van der Waals surface area contributed by atoms with Crippen LogP contribution < -0.4 is 0 Å². The third-order valence-corrected chi connectivity index (χ3v) is 6.37. The van der Waals surface area contributed by atoms with Gasteiger partial charge >= 0.3 is 0 Å². The SMILES string of the molecule is CC1(C)CN(C(O)C2(O)CC2)CCN1C(=O)c1ccc(-c2ccc(Cl)cc2F)cc1. The predicted molar refractivity (Wildman–Crippen MR) is 114 cm³/mol. The lowest BCUT2D eigenvalue weighted by molar-refractivity contribution is -0.125.